The second kappa shape index (κ2) is 11.1. The van der Waals surface area contributed by atoms with Gasteiger partial charge in [-0.2, -0.15) is 0 Å². The SMILES string of the molecule is CCNC(=NCc1ccc(N2CCNC(=O)C2)cc1)NC(C)c1cccc(N2CCCC2)c1. The number of aliphatic imine (C=N–C) groups is 1. The number of anilines is 2. The summed E-state index contributed by atoms with van der Waals surface area (Å²) in [4.78, 5) is 21.0. The summed E-state index contributed by atoms with van der Waals surface area (Å²) in [7, 11) is 0. The summed E-state index contributed by atoms with van der Waals surface area (Å²) in [6.45, 7) is 9.93. The Morgan fingerprint density at radius 1 is 1.06 bits per heavy atom. The third-order valence-corrected chi connectivity index (χ3v) is 6.30. The molecule has 0 bridgehead atoms. The van der Waals surface area contributed by atoms with E-state index in [2.05, 4.69) is 88.1 Å². The molecular formula is C26H36N6O. The Morgan fingerprint density at radius 3 is 2.58 bits per heavy atom. The van der Waals surface area contributed by atoms with E-state index in [1.54, 1.807) is 0 Å². The zero-order valence-electron chi connectivity index (χ0n) is 19.8. The largest absolute Gasteiger partial charge is 0.372 e. The van der Waals surface area contributed by atoms with Gasteiger partial charge in [0, 0.05) is 44.1 Å². The van der Waals surface area contributed by atoms with Crippen molar-refractivity contribution in [2.24, 2.45) is 4.99 Å². The van der Waals surface area contributed by atoms with E-state index in [0.29, 0.717) is 19.6 Å². The molecule has 2 aliphatic rings. The number of carbonyl (C=O) groups is 1. The average molecular weight is 449 g/mol. The molecule has 4 rings (SSSR count). The lowest BCUT2D eigenvalue weighted by molar-refractivity contribution is -0.120. The second-order valence-electron chi connectivity index (χ2n) is 8.79. The number of nitrogens with one attached hydrogen (secondary N) is 3. The third-order valence-electron chi connectivity index (χ3n) is 6.30. The Morgan fingerprint density at radius 2 is 1.85 bits per heavy atom. The zero-order valence-corrected chi connectivity index (χ0v) is 19.8. The van der Waals surface area contributed by atoms with Crippen molar-refractivity contribution in [1.82, 2.24) is 16.0 Å². The topological polar surface area (TPSA) is 72.0 Å². The quantitative estimate of drug-likeness (QED) is 0.449. The van der Waals surface area contributed by atoms with Gasteiger partial charge < -0.3 is 25.8 Å². The molecule has 176 valence electrons. The van der Waals surface area contributed by atoms with Crippen LogP contribution in [0.5, 0.6) is 0 Å². The van der Waals surface area contributed by atoms with E-state index in [-0.39, 0.29) is 11.9 Å². The zero-order chi connectivity index (χ0) is 23.0. The molecule has 2 aromatic rings. The lowest BCUT2D eigenvalue weighted by Crippen LogP contribution is -2.47. The summed E-state index contributed by atoms with van der Waals surface area (Å²) >= 11 is 0. The van der Waals surface area contributed by atoms with Crippen molar-refractivity contribution < 1.29 is 4.79 Å². The van der Waals surface area contributed by atoms with Crippen molar-refractivity contribution in [3.63, 3.8) is 0 Å². The van der Waals surface area contributed by atoms with Gasteiger partial charge in [0.15, 0.2) is 5.96 Å². The number of hydrogen-bond acceptors (Lipinski definition) is 4. The van der Waals surface area contributed by atoms with Crippen LogP contribution < -0.4 is 25.8 Å². The molecule has 0 aromatic heterocycles. The van der Waals surface area contributed by atoms with Crippen LogP contribution in [0.2, 0.25) is 0 Å². The van der Waals surface area contributed by atoms with Crippen LogP contribution in [0.3, 0.4) is 0 Å². The minimum atomic E-state index is 0.0800. The molecule has 2 fully saturated rings. The lowest BCUT2D eigenvalue weighted by Gasteiger charge is -2.28. The number of hydrogen-bond donors (Lipinski definition) is 3. The Hall–Kier alpha value is -3.22. The number of rotatable bonds is 7. The van der Waals surface area contributed by atoms with Gasteiger partial charge in [0.05, 0.1) is 19.1 Å². The van der Waals surface area contributed by atoms with Gasteiger partial charge >= 0.3 is 0 Å². The maximum atomic E-state index is 11.6. The molecule has 2 aromatic carbocycles. The maximum Gasteiger partial charge on any atom is 0.239 e. The first-order chi connectivity index (χ1) is 16.1. The first-order valence-corrected chi connectivity index (χ1v) is 12.1. The van der Waals surface area contributed by atoms with Crippen LogP contribution in [0.4, 0.5) is 11.4 Å². The molecule has 7 heteroatoms. The van der Waals surface area contributed by atoms with Crippen molar-refractivity contribution in [2.45, 2.75) is 39.3 Å². The molecule has 2 saturated heterocycles. The van der Waals surface area contributed by atoms with Gasteiger partial charge in [0.1, 0.15) is 0 Å². The third kappa shape index (κ3) is 6.18. The molecule has 3 N–H and O–H groups in total. The average Bonchev–Trinajstić information content (AvgIpc) is 3.38. The number of guanidine groups is 1. The molecule has 1 atom stereocenters. The van der Waals surface area contributed by atoms with Crippen LogP contribution >= 0.6 is 0 Å². The Balaban J connectivity index is 1.38. The summed E-state index contributed by atoms with van der Waals surface area (Å²) in [6.07, 6.45) is 2.56. The van der Waals surface area contributed by atoms with Crippen LogP contribution in [0.15, 0.2) is 53.5 Å². The van der Waals surface area contributed by atoms with E-state index in [9.17, 15) is 4.79 Å². The van der Waals surface area contributed by atoms with E-state index >= 15 is 0 Å². The van der Waals surface area contributed by atoms with Crippen LogP contribution in [0, 0.1) is 0 Å². The molecule has 1 unspecified atom stereocenters. The summed E-state index contributed by atoms with van der Waals surface area (Å²) in [6, 6.07) is 17.3. The van der Waals surface area contributed by atoms with Crippen LogP contribution in [-0.2, 0) is 11.3 Å². The van der Waals surface area contributed by atoms with Crippen LogP contribution in [0.1, 0.15) is 43.9 Å². The molecule has 2 heterocycles. The Kier molecular flexibility index (Phi) is 7.70. The maximum absolute atomic E-state index is 11.6. The summed E-state index contributed by atoms with van der Waals surface area (Å²) < 4.78 is 0. The van der Waals surface area contributed by atoms with Crippen molar-refractivity contribution in [2.75, 3.05) is 49.1 Å². The predicted octanol–water partition coefficient (Wildman–Crippen LogP) is 3.04. The van der Waals surface area contributed by atoms with Gasteiger partial charge in [0.25, 0.3) is 0 Å². The van der Waals surface area contributed by atoms with E-state index in [1.165, 1.54) is 24.1 Å². The molecule has 33 heavy (non-hydrogen) atoms. The molecule has 0 radical (unpaired) electrons. The monoisotopic (exact) mass is 448 g/mol. The van der Waals surface area contributed by atoms with Gasteiger partial charge in [-0.1, -0.05) is 24.3 Å². The van der Waals surface area contributed by atoms with Gasteiger partial charge in [-0.05, 0) is 62.1 Å². The normalized spacial score (nSPS) is 17.6. The molecule has 0 saturated carbocycles. The molecule has 0 spiro atoms. The highest BCUT2D eigenvalue weighted by Gasteiger charge is 2.17. The minimum Gasteiger partial charge on any atom is -0.372 e. The number of piperazine rings is 1. The standard InChI is InChI=1S/C26H36N6O/c1-3-27-26(30-20(2)22-7-6-8-24(17-22)31-14-4-5-15-31)29-18-21-9-11-23(12-10-21)32-16-13-28-25(33)19-32/h6-12,17,20H,3-5,13-16,18-19H2,1-2H3,(H,28,33)(H2,27,29,30). The first-order valence-electron chi connectivity index (χ1n) is 12.1. The van der Waals surface area contributed by atoms with Crippen molar-refractivity contribution in [3.05, 3.63) is 59.7 Å². The van der Waals surface area contributed by atoms with Gasteiger partial charge in [-0.3, -0.25) is 4.79 Å². The van der Waals surface area contributed by atoms with Crippen LogP contribution in [-0.4, -0.2) is 51.1 Å². The summed E-state index contributed by atoms with van der Waals surface area (Å²) in [5, 5.41) is 9.79. The number of carbonyl (C=O) groups excluding carboxylic acids is 1. The lowest BCUT2D eigenvalue weighted by atomic mass is 10.1. The van der Waals surface area contributed by atoms with Crippen LogP contribution in [0.25, 0.3) is 0 Å². The fourth-order valence-corrected chi connectivity index (χ4v) is 4.42. The smallest absolute Gasteiger partial charge is 0.239 e. The Bertz CT molecular complexity index is 952. The predicted molar refractivity (Wildman–Crippen MR) is 136 cm³/mol. The van der Waals surface area contributed by atoms with E-state index < -0.39 is 0 Å². The fraction of sp³-hybridized carbons (Fsp3) is 0.462. The highest BCUT2D eigenvalue weighted by molar-refractivity contribution is 5.82. The van der Waals surface area contributed by atoms with E-state index in [1.807, 2.05) is 0 Å². The van der Waals surface area contributed by atoms with Gasteiger partial charge in [0.2, 0.25) is 5.91 Å². The van der Waals surface area contributed by atoms with E-state index in [4.69, 9.17) is 4.99 Å². The molecule has 7 nitrogen and oxygen atoms in total. The second-order valence-corrected chi connectivity index (χ2v) is 8.79. The number of benzene rings is 2. The molecule has 2 aliphatic heterocycles. The minimum absolute atomic E-state index is 0.0800. The highest BCUT2D eigenvalue weighted by atomic mass is 16.2. The Labute approximate surface area is 197 Å². The number of amides is 1. The highest BCUT2D eigenvalue weighted by Crippen LogP contribution is 2.24. The molecule has 1 amide bonds. The van der Waals surface area contributed by atoms with Gasteiger partial charge in [-0.15, -0.1) is 0 Å². The fourth-order valence-electron chi connectivity index (χ4n) is 4.42. The van der Waals surface area contributed by atoms with Crippen molar-refractivity contribution in [1.29, 1.82) is 0 Å². The molecule has 0 aliphatic carbocycles. The molecular weight excluding hydrogens is 412 g/mol. The van der Waals surface area contributed by atoms with E-state index in [0.717, 1.165) is 43.4 Å². The van der Waals surface area contributed by atoms with Crippen molar-refractivity contribution >= 4 is 23.2 Å². The number of nitrogens with zero attached hydrogens (tertiary/aromatic N) is 3. The summed E-state index contributed by atoms with van der Waals surface area (Å²) in [5.41, 5.74) is 4.79. The first kappa shape index (κ1) is 23.0. The van der Waals surface area contributed by atoms with Gasteiger partial charge in [-0.25, -0.2) is 4.99 Å². The summed E-state index contributed by atoms with van der Waals surface area (Å²) in [5.74, 6) is 0.893. The van der Waals surface area contributed by atoms with Crippen molar-refractivity contribution in [3.8, 4) is 0 Å².